The first kappa shape index (κ1) is 15.2. The first-order valence-corrected chi connectivity index (χ1v) is 7.80. The molecule has 0 fully saturated rings. The Hall–Kier alpha value is -2.70. The molecule has 0 bridgehead atoms. The van der Waals surface area contributed by atoms with Crippen LogP contribution in [-0.4, -0.2) is 15.3 Å². The van der Waals surface area contributed by atoms with E-state index in [-0.39, 0.29) is 0 Å². The van der Waals surface area contributed by atoms with Crippen LogP contribution in [0.15, 0.2) is 67.3 Å². The average Bonchev–Trinajstić information content (AvgIpc) is 3.04. The summed E-state index contributed by atoms with van der Waals surface area (Å²) in [6.45, 7) is 3.53. The molecule has 0 aliphatic carbocycles. The number of aliphatic hydroxyl groups is 1. The van der Waals surface area contributed by atoms with Gasteiger partial charge in [0, 0.05) is 11.8 Å². The van der Waals surface area contributed by atoms with E-state index in [0.717, 1.165) is 17.2 Å². The number of para-hydroxylation sites is 1. The monoisotopic (exact) mass is 325 g/mol. The highest BCUT2D eigenvalue weighted by atomic mass is 32.1. The van der Waals surface area contributed by atoms with Crippen molar-refractivity contribution in [1.82, 2.24) is 10.2 Å². The van der Waals surface area contributed by atoms with E-state index < -0.39 is 6.10 Å². The van der Waals surface area contributed by atoms with Crippen molar-refractivity contribution in [1.29, 1.82) is 0 Å². The van der Waals surface area contributed by atoms with Crippen LogP contribution in [0.25, 0.3) is 0 Å². The van der Waals surface area contributed by atoms with E-state index in [2.05, 4.69) is 22.1 Å². The van der Waals surface area contributed by atoms with Gasteiger partial charge in [-0.2, -0.15) is 0 Å². The summed E-state index contributed by atoms with van der Waals surface area (Å²) in [6, 6.07) is 17.1. The van der Waals surface area contributed by atoms with Crippen LogP contribution in [0.4, 0.5) is 10.8 Å². The van der Waals surface area contributed by atoms with Gasteiger partial charge in [-0.05, 0) is 24.3 Å². The maximum atomic E-state index is 9.66. The largest absolute Gasteiger partial charge is 0.457 e. The van der Waals surface area contributed by atoms with Crippen molar-refractivity contribution in [2.45, 2.75) is 6.10 Å². The Morgan fingerprint density at radius 3 is 2.65 bits per heavy atom. The lowest BCUT2D eigenvalue weighted by Gasteiger charge is -2.07. The van der Waals surface area contributed by atoms with Crippen molar-refractivity contribution in [2.24, 2.45) is 0 Å². The summed E-state index contributed by atoms with van der Waals surface area (Å²) in [5.74, 6) is 1.49. The Morgan fingerprint density at radius 1 is 1.09 bits per heavy atom. The third-order valence-electron chi connectivity index (χ3n) is 2.98. The van der Waals surface area contributed by atoms with E-state index in [1.165, 1.54) is 17.4 Å². The van der Waals surface area contributed by atoms with Crippen molar-refractivity contribution in [3.63, 3.8) is 0 Å². The number of anilines is 2. The highest BCUT2D eigenvalue weighted by Gasteiger charge is 2.10. The molecule has 23 heavy (non-hydrogen) atoms. The summed E-state index contributed by atoms with van der Waals surface area (Å²) < 4.78 is 5.79. The van der Waals surface area contributed by atoms with E-state index in [9.17, 15) is 5.11 Å². The highest BCUT2D eigenvalue weighted by molar-refractivity contribution is 7.15. The number of ether oxygens (including phenoxy) is 1. The second-order valence-electron chi connectivity index (χ2n) is 4.69. The van der Waals surface area contributed by atoms with Crippen molar-refractivity contribution >= 4 is 22.2 Å². The number of nitrogens with one attached hydrogen (secondary N) is 1. The van der Waals surface area contributed by atoms with Gasteiger partial charge in [-0.15, -0.1) is 16.8 Å². The van der Waals surface area contributed by atoms with E-state index >= 15 is 0 Å². The molecule has 0 radical (unpaired) electrons. The normalized spacial score (nSPS) is 11.7. The number of hydrogen-bond donors (Lipinski definition) is 2. The first-order chi connectivity index (χ1) is 11.2. The molecule has 2 aromatic carbocycles. The average molecular weight is 325 g/mol. The van der Waals surface area contributed by atoms with Crippen LogP contribution in [0.2, 0.25) is 0 Å². The van der Waals surface area contributed by atoms with Crippen molar-refractivity contribution in [3.8, 4) is 11.5 Å². The molecule has 6 heteroatoms. The summed E-state index contributed by atoms with van der Waals surface area (Å²) in [4.78, 5) is 0. The maximum absolute atomic E-state index is 9.66. The molecular formula is C17H15N3O2S. The zero-order chi connectivity index (χ0) is 16.1. The summed E-state index contributed by atoms with van der Waals surface area (Å²) in [5, 5.41) is 21.8. The van der Waals surface area contributed by atoms with Crippen LogP contribution in [0.3, 0.4) is 0 Å². The molecule has 0 amide bonds. The number of hydrogen-bond acceptors (Lipinski definition) is 6. The van der Waals surface area contributed by atoms with Gasteiger partial charge in [-0.25, -0.2) is 0 Å². The second kappa shape index (κ2) is 7.04. The number of nitrogens with zero attached hydrogens (tertiary/aromatic N) is 2. The predicted molar refractivity (Wildman–Crippen MR) is 91.3 cm³/mol. The Balaban J connectivity index is 1.72. The van der Waals surface area contributed by atoms with Gasteiger partial charge in [0.1, 0.15) is 17.6 Å². The van der Waals surface area contributed by atoms with E-state index in [1.54, 1.807) is 0 Å². The fourth-order valence-corrected chi connectivity index (χ4v) is 2.64. The van der Waals surface area contributed by atoms with Crippen LogP contribution in [0, 0.1) is 0 Å². The highest BCUT2D eigenvalue weighted by Crippen LogP contribution is 2.28. The molecule has 0 saturated heterocycles. The Bertz CT molecular complexity index is 789. The van der Waals surface area contributed by atoms with E-state index in [0.29, 0.717) is 10.1 Å². The molecule has 1 heterocycles. The molecule has 0 aliphatic heterocycles. The summed E-state index contributed by atoms with van der Waals surface area (Å²) >= 11 is 1.27. The van der Waals surface area contributed by atoms with Gasteiger partial charge in [0.25, 0.3) is 0 Å². The number of rotatable bonds is 6. The smallest absolute Gasteiger partial charge is 0.210 e. The predicted octanol–water partition coefficient (Wildman–Crippen LogP) is 4.29. The molecule has 5 nitrogen and oxygen atoms in total. The van der Waals surface area contributed by atoms with E-state index in [4.69, 9.17) is 4.74 Å². The van der Waals surface area contributed by atoms with E-state index in [1.807, 2.05) is 54.6 Å². The zero-order valence-electron chi connectivity index (χ0n) is 12.2. The Morgan fingerprint density at radius 2 is 1.87 bits per heavy atom. The molecule has 2 N–H and O–H groups in total. The zero-order valence-corrected chi connectivity index (χ0v) is 13.0. The van der Waals surface area contributed by atoms with Crippen molar-refractivity contribution < 1.29 is 9.84 Å². The molecule has 3 aromatic rings. The molecule has 0 spiro atoms. The minimum absolute atomic E-state index is 0.499. The summed E-state index contributed by atoms with van der Waals surface area (Å²) in [6.07, 6.45) is 0.620. The van der Waals surface area contributed by atoms with Gasteiger partial charge in [0.2, 0.25) is 5.13 Å². The third kappa shape index (κ3) is 3.94. The van der Waals surface area contributed by atoms with Crippen LogP contribution >= 0.6 is 11.3 Å². The molecule has 1 aromatic heterocycles. The van der Waals surface area contributed by atoms with Gasteiger partial charge in [-0.3, -0.25) is 0 Å². The molecule has 116 valence electrons. The third-order valence-corrected chi connectivity index (χ3v) is 3.89. The topological polar surface area (TPSA) is 67.3 Å². The summed E-state index contributed by atoms with van der Waals surface area (Å²) in [7, 11) is 0. The van der Waals surface area contributed by atoms with Crippen LogP contribution < -0.4 is 10.1 Å². The van der Waals surface area contributed by atoms with Gasteiger partial charge in [0.05, 0.1) is 0 Å². The molecule has 0 saturated carbocycles. The number of aliphatic hydroxyl groups excluding tert-OH is 1. The Labute approximate surface area is 137 Å². The van der Waals surface area contributed by atoms with Crippen LogP contribution in [-0.2, 0) is 0 Å². The minimum Gasteiger partial charge on any atom is -0.457 e. The maximum Gasteiger partial charge on any atom is 0.210 e. The SMILES string of the molecule is C=CC(O)c1nnc(Nc2cccc(Oc3ccccc3)c2)s1. The lowest BCUT2D eigenvalue weighted by molar-refractivity contribution is 0.227. The summed E-state index contributed by atoms with van der Waals surface area (Å²) in [5.41, 5.74) is 0.828. The van der Waals surface area contributed by atoms with Crippen LogP contribution in [0.1, 0.15) is 11.1 Å². The number of aromatic nitrogens is 2. The first-order valence-electron chi connectivity index (χ1n) is 6.98. The second-order valence-corrected chi connectivity index (χ2v) is 5.70. The molecule has 1 unspecified atom stereocenters. The lowest BCUT2D eigenvalue weighted by Crippen LogP contribution is -1.91. The standard InChI is InChI=1S/C17H15N3O2S/c1-2-15(21)16-19-20-17(23-16)18-12-7-6-10-14(11-12)22-13-8-4-3-5-9-13/h2-11,15,21H,1H2,(H,18,20). The molecule has 1 atom stereocenters. The number of benzene rings is 2. The fraction of sp³-hybridized carbons (Fsp3) is 0.0588. The van der Waals surface area contributed by atoms with Crippen molar-refractivity contribution in [2.75, 3.05) is 5.32 Å². The van der Waals surface area contributed by atoms with Gasteiger partial charge in [-0.1, -0.05) is 41.7 Å². The quantitative estimate of drug-likeness (QED) is 0.662. The van der Waals surface area contributed by atoms with Gasteiger partial charge in [0.15, 0.2) is 5.01 Å². The molecule has 3 rings (SSSR count). The fourth-order valence-electron chi connectivity index (χ4n) is 1.89. The minimum atomic E-state index is -0.796. The van der Waals surface area contributed by atoms with Gasteiger partial charge >= 0.3 is 0 Å². The van der Waals surface area contributed by atoms with Crippen LogP contribution in [0.5, 0.6) is 11.5 Å². The van der Waals surface area contributed by atoms with Gasteiger partial charge < -0.3 is 15.2 Å². The Kier molecular flexibility index (Phi) is 4.65. The molecular weight excluding hydrogens is 310 g/mol. The molecule has 0 aliphatic rings. The van der Waals surface area contributed by atoms with Crippen molar-refractivity contribution in [3.05, 3.63) is 72.3 Å². The lowest BCUT2D eigenvalue weighted by atomic mass is 10.3.